The molecule has 0 bridgehead atoms. The number of aliphatic hydroxyl groups excluding tert-OH is 1. The van der Waals surface area contributed by atoms with E-state index < -0.39 is 12.2 Å². The summed E-state index contributed by atoms with van der Waals surface area (Å²) >= 11 is 0. The smallest absolute Gasteiger partial charge is 0.303 e. The van der Waals surface area contributed by atoms with E-state index in [4.69, 9.17) is 9.47 Å². The molecule has 0 fully saturated rings. The molecule has 2 atom stereocenters. The Morgan fingerprint density at radius 3 is 2.61 bits per heavy atom. The van der Waals surface area contributed by atoms with E-state index in [1.54, 1.807) is 0 Å². The highest BCUT2D eigenvalue weighted by molar-refractivity contribution is 5.66. The van der Waals surface area contributed by atoms with Crippen molar-refractivity contribution in [2.24, 2.45) is 0 Å². The average molecular weight is 256 g/mol. The van der Waals surface area contributed by atoms with Crippen molar-refractivity contribution in [1.29, 1.82) is 0 Å². The zero-order valence-electron chi connectivity index (χ0n) is 11.6. The van der Waals surface area contributed by atoms with E-state index in [0.29, 0.717) is 6.42 Å². The van der Waals surface area contributed by atoms with Crippen LogP contribution < -0.4 is 0 Å². The lowest BCUT2D eigenvalue weighted by Crippen LogP contribution is -2.24. The van der Waals surface area contributed by atoms with Crippen molar-refractivity contribution in [3.63, 3.8) is 0 Å². The van der Waals surface area contributed by atoms with Gasteiger partial charge in [-0.05, 0) is 12.8 Å². The van der Waals surface area contributed by atoms with E-state index in [2.05, 4.69) is 18.8 Å². The quantitative estimate of drug-likeness (QED) is 0.409. The molecule has 104 valence electrons. The Bertz CT molecular complexity index is 277. The largest absolute Gasteiger partial charge is 0.447 e. The molecule has 0 aromatic rings. The fourth-order valence-electron chi connectivity index (χ4n) is 1.19. The molecule has 0 aromatic heterocycles. The third-order valence-electron chi connectivity index (χ3n) is 2.28. The van der Waals surface area contributed by atoms with Crippen LogP contribution in [0.4, 0.5) is 0 Å². The monoisotopic (exact) mass is 256 g/mol. The highest BCUT2D eigenvalue weighted by Gasteiger charge is 2.10. The van der Waals surface area contributed by atoms with Crippen LogP contribution in [0.5, 0.6) is 0 Å². The van der Waals surface area contributed by atoms with Crippen LogP contribution in [-0.4, -0.2) is 36.5 Å². The molecule has 4 heteroatoms. The van der Waals surface area contributed by atoms with E-state index in [9.17, 15) is 9.90 Å². The van der Waals surface area contributed by atoms with Crippen LogP contribution in [-0.2, 0) is 14.3 Å². The van der Waals surface area contributed by atoms with Crippen molar-refractivity contribution in [2.45, 2.75) is 58.7 Å². The molecule has 0 saturated carbocycles. The summed E-state index contributed by atoms with van der Waals surface area (Å²) in [5.41, 5.74) is 0. The molecule has 0 heterocycles. The first-order valence-corrected chi connectivity index (χ1v) is 6.51. The number of carbonyl (C=O) groups is 1. The number of hydrogen-bond acceptors (Lipinski definition) is 4. The summed E-state index contributed by atoms with van der Waals surface area (Å²) in [6.45, 7) is 5.77. The van der Waals surface area contributed by atoms with E-state index in [0.717, 1.165) is 19.3 Å². The molecule has 0 radical (unpaired) electrons. The maximum Gasteiger partial charge on any atom is 0.303 e. The summed E-state index contributed by atoms with van der Waals surface area (Å²) in [7, 11) is 0. The maximum absolute atomic E-state index is 10.9. The molecular weight excluding hydrogens is 232 g/mol. The van der Waals surface area contributed by atoms with Gasteiger partial charge >= 0.3 is 5.97 Å². The van der Waals surface area contributed by atoms with Gasteiger partial charge in [-0.2, -0.15) is 0 Å². The summed E-state index contributed by atoms with van der Waals surface area (Å²) in [4.78, 5) is 10.9. The molecular formula is C14H24O4. The third-order valence-corrected chi connectivity index (χ3v) is 2.28. The highest BCUT2D eigenvalue weighted by Crippen LogP contribution is 1.98. The molecule has 0 aliphatic heterocycles. The lowest BCUT2D eigenvalue weighted by molar-refractivity contribution is -0.146. The number of rotatable bonds is 8. The first-order chi connectivity index (χ1) is 8.60. The van der Waals surface area contributed by atoms with Crippen LogP contribution >= 0.6 is 0 Å². The number of aliphatic hydroxyl groups is 1. The van der Waals surface area contributed by atoms with Crippen molar-refractivity contribution in [2.75, 3.05) is 13.2 Å². The second-order valence-electron chi connectivity index (χ2n) is 4.12. The van der Waals surface area contributed by atoms with E-state index in [1.807, 2.05) is 6.92 Å². The summed E-state index contributed by atoms with van der Waals surface area (Å²) < 4.78 is 10.3. The summed E-state index contributed by atoms with van der Waals surface area (Å²) in [6.07, 6.45) is 2.55. The number of ether oxygens (including phenoxy) is 2. The lowest BCUT2D eigenvalue weighted by atomic mass is 10.2. The van der Waals surface area contributed by atoms with Crippen LogP contribution in [0.3, 0.4) is 0 Å². The SMILES string of the molecule is CCCCC#CC(COCC(O)CC)OC(C)=O. The lowest BCUT2D eigenvalue weighted by Gasteiger charge is -2.13. The zero-order valence-corrected chi connectivity index (χ0v) is 11.6. The Labute approximate surface area is 110 Å². The average Bonchev–Trinajstić information content (AvgIpc) is 2.33. The summed E-state index contributed by atoms with van der Waals surface area (Å²) in [5.74, 6) is 5.48. The molecule has 18 heavy (non-hydrogen) atoms. The second kappa shape index (κ2) is 11.1. The molecule has 0 spiro atoms. The summed E-state index contributed by atoms with van der Waals surface area (Å²) in [5, 5.41) is 9.33. The molecule has 0 rings (SSSR count). The Balaban J connectivity index is 4.04. The Kier molecular flexibility index (Phi) is 10.4. The van der Waals surface area contributed by atoms with Crippen molar-refractivity contribution in [3.8, 4) is 11.8 Å². The fourth-order valence-corrected chi connectivity index (χ4v) is 1.19. The Morgan fingerprint density at radius 2 is 2.06 bits per heavy atom. The van der Waals surface area contributed by atoms with Crippen LogP contribution in [0, 0.1) is 11.8 Å². The van der Waals surface area contributed by atoms with Crippen molar-refractivity contribution in [3.05, 3.63) is 0 Å². The number of hydrogen-bond donors (Lipinski definition) is 1. The predicted molar refractivity (Wildman–Crippen MR) is 70.0 cm³/mol. The molecule has 0 amide bonds. The minimum atomic E-state index is -0.539. The minimum Gasteiger partial charge on any atom is -0.447 e. The van der Waals surface area contributed by atoms with E-state index in [-0.39, 0.29) is 19.2 Å². The maximum atomic E-state index is 10.9. The van der Waals surface area contributed by atoms with E-state index >= 15 is 0 Å². The molecule has 0 saturated heterocycles. The molecule has 0 aromatic carbocycles. The predicted octanol–water partition coefficient (Wildman–Crippen LogP) is 1.90. The molecule has 0 aliphatic carbocycles. The van der Waals surface area contributed by atoms with Gasteiger partial charge in [0.15, 0.2) is 6.10 Å². The van der Waals surface area contributed by atoms with Crippen molar-refractivity contribution >= 4 is 5.97 Å². The van der Waals surface area contributed by atoms with Gasteiger partial charge in [0, 0.05) is 13.3 Å². The van der Waals surface area contributed by atoms with Gasteiger partial charge in [-0.15, -0.1) is 0 Å². The van der Waals surface area contributed by atoms with Gasteiger partial charge in [0.25, 0.3) is 0 Å². The van der Waals surface area contributed by atoms with Gasteiger partial charge in [-0.1, -0.05) is 32.1 Å². The van der Waals surface area contributed by atoms with Gasteiger partial charge in [0.2, 0.25) is 0 Å². The molecule has 1 N–H and O–H groups in total. The van der Waals surface area contributed by atoms with Crippen molar-refractivity contribution < 1.29 is 19.4 Å². The van der Waals surface area contributed by atoms with Crippen LogP contribution in [0.25, 0.3) is 0 Å². The third kappa shape index (κ3) is 10.1. The van der Waals surface area contributed by atoms with Gasteiger partial charge in [0.1, 0.15) is 0 Å². The number of esters is 1. The Hall–Kier alpha value is -1.05. The molecule has 2 unspecified atom stereocenters. The number of carbonyl (C=O) groups excluding carboxylic acids is 1. The Morgan fingerprint density at radius 1 is 1.33 bits per heavy atom. The van der Waals surface area contributed by atoms with Crippen LogP contribution in [0.15, 0.2) is 0 Å². The number of unbranched alkanes of at least 4 members (excludes halogenated alkanes) is 2. The van der Waals surface area contributed by atoms with Gasteiger partial charge in [-0.3, -0.25) is 4.79 Å². The van der Waals surface area contributed by atoms with Crippen molar-refractivity contribution in [1.82, 2.24) is 0 Å². The highest BCUT2D eigenvalue weighted by atomic mass is 16.6. The van der Waals surface area contributed by atoms with Crippen LogP contribution in [0.2, 0.25) is 0 Å². The first kappa shape index (κ1) is 16.9. The van der Waals surface area contributed by atoms with Gasteiger partial charge in [0.05, 0.1) is 19.3 Å². The normalized spacial score (nSPS) is 13.3. The first-order valence-electron chi connectivity index (χ1n) is 6.51. The van der Waals surface area contributed by atoms with Gasteiger partial charge in [-0.25, -0.2) is 0 Å². The van der Waals surface area contributed by atoms with E-state index in [1.165, 1.54) is 6.92 Å². The molecule has 4 nitrogen and oxygen atoms in total. The minimum absolute atomic E-state index is 0.204. The standard InChI is InChI=1S/C14H24O4/c1-4-6-7-8-9-14(18-12(3)15)11-17-10-13(16)5-2/h13-14,16H,4-7,10-11H2,1-3H3. The van der Waals surface area contributed by atoms with Gasteiger partial charge < -0.3 is 14.6 Å². The second-order valence-corrected chi connectivity index (χ2v) is 4.12. The molecule has 0 aliphatic rings. The zero-order chi connectivity index (χ0) is 13.8. The van der Waals surface area contributed by atoms with Crippen LogP contribution in [0.1, 0.15) is 46.5 Å². The summed E-state index contributed by atoms with van der Waals surface area (Å²) in [6, 6.07) is 0. The fraction of sp³-hybridized carbons (Fsp3) is 0.786. The topological polar surface area (TPSA) is 55.8 Å².